The molecule has 0 spiro atoms. The van der Waals surface area contributed by atoms with Crippen LogP contribution in [0.15, 0.2) is 40.4 Å². The molecule has 0 fully saturated rings. The smallest absolute Gasteiger partial charge is 0.346 e. The van der Waals surface area contributed by atoms with Crippen LogP contribution in [-0.4, -0.2) is 28.4 Å². The first kappa shape index (κ1) is 12.6. The lowest BCUT2D eigenvalue weighted by Gasteiger charge is -2.03. The summed E-state index contributed by atoms with van der Waals surface area (Å²) in [5.41, 5.74) is 2.94. The van der Waals surface area contributed by atoms with E-state index in [1.54, 1.807) is 18.2 Å². The van der Waals surface area contributed by atoms with Crippen LogP contribution in [0, 0.1) is 0 Å². The monoisotopic (exact) mass is 260 g/mol. The normalized spacial score (nSPS) is 10.6. The van der Waals surface area contributed by atoms with Crippen LogP contribution >= 0.6 is 0 Å². The van der Waals surface area contributed by atoms with E-state index in [1.165, 1.54) is 25.6 Å². The third-order valence-electron chi connectivity index (χ3n) is 2.28. The van der Waals surface area contributed by atoms with Gasteiger partial charge in [-0.15, -0.1) is 0 Å². The number of ether oxygens (including phenoxy) is 1. The molecule has 7 heteroatoms. The molecule has 0 bridgehead atoms. The number of aromatic amines is 1. The van der Waals surface area contributed by atoms with E-state index in [0.29, 0.717) is 11.6 Å². The molecule has 0 aliphatic rings. The van der Waals surface area contributed by atoms with Crippen LogP contribution in [0.1, 0.15) is 5.56 Å². The van der Waals surface area contributed by atoms with Crippen molar-refractivity contribution in [1.29, 1.82) is 0 Å². The van der Waals surface area contributed by atoms with Crippen LogP contribution < -0.4 is 15.9 Å². The van der Waals surface area contributed by atoms with Crippen molar-refractivity contribution in [2.75, 3.05) is 12.5 Å². The highest BCUT2D eigenvalue weighted by Crippen LogP contribution is 2.25. The second kappa shape index (κ2) is 5.67. The molecule has 0 amide bonds. The number of anilines is 1. The number of methoxy groups -OCH3 is 1. The number of aromatic hydroxyl groups is 1. The van der Waals surface area contributed by atoms with E-state index in [4.69, 9.17) is 4.74 Å². The van der Waals surface area contributed by atoms with Crippen LogP contribution in [0.25, 0.3) is 0 Å². The van der Waals surface area contributed by atoms with Gasteiger partial charge < -0.3 is 9.84 Å². The summed E-state index contributed by atoms with van der Waals surface area (Å²) in [6.07, 6.45) is 2.90. The first-order valence-corrected chi connectivity index (χ1v) is 5.40. The third-order valence-corrected chi connectivity index (χ3v) is 2.28. The Bertz CT molecular complexity index is 651. The van der Waals surface area contributed by atoms with Crippen molar-refractivity contribution in [1.82, 2.24) is 9.97 Å². The molecule has 1 heterocycles. The van der Waals surface area contributed by atoms with Crippen LogP contribution in [0.2, 0.25) is 0 Å². The van der Waals surface area contributed by atoms with E-state index in [2.05, 4.69) is 20.5 Å². The average molecular weight is 260 g/mol. The number of phenolic OH excluding ortho intramolecular Hbond substituents is 1. The van der Waals surface area contributed by atoms with Gasteiger partial charge in [0.05, 0.1) is 13.3 Å². The SMILES string of the molecule is COc1cc(/C=N\Nc2ccnc(=O)[nH]2)ccc1O. The van der Waals surface area contributed by atoms with E-state index in [9.17, 15) is 9.90 Å². The summed E-state index contributed by atoms with van der Waals surface area (Å²) in [5, 5.41) is 13.4. The number of nitrogens with zero attached hydrogens (tertiary/aromatic N) is 2. The van der Waals surface area contributed by atoms with Crippen molar-refractivity contribution in [3.8, 4) is 11.5 Å². The number of nitrogens with one attached hydrogen (secondary N) is 2. The molecule has 0 radical (unpaired) electrons. The van der Waals surface area contributed by atoms with Gasteiger partial charge in [0.15, 0.2) is 11.5 Å². The molecule has 0 aliphatic heterocycles. The predicted octanol–water partition coefficient (Wildman–Crippen LogP) is 0.930. The largest absolute Gasteiger partial charge is 0.504 e. The number of benzene rings is 1. The zero-order valence-corrected chi connectivity index (χ0v) is 10.1. The Morgan fingerprint density at radius 3 is 3.05 bits per heavy atom. The summed E-state index contributed by atoms with van der Waals surface area (Å²) in [6, 6.07) is 6.40. The lowest BCUT2D eigenvalue weighted by atomic mass is 10.2. The van der Waals surface area contributed by atoms with Gasteiger partial charge in [0.2, 0.25) is 0 Å². The minimum atomic E-state index is -0.452. The molecular formula is C12H12N4O3. The molecule has 0 aliphatic carbocycles. The maximum absolute atomic E-state index is 10.9. The van der Waals surface area contributed by atoms with Gasteiger partial charge >= 0.3 is 5.69 Å². The first-order valence-electron chi connectivity index (χ1n) is 5.40. The minimum Gasteiger partial charge on any atom is -0.504 e. The Kier molecular flexibility index (Phi) is 3.77. The van der Waals surface area contributed by atoms with Gasteiger partial charge in [-0.1, -0.05) is 0 Å². The molecule has 0 saturated carbocycles. The van der Waals surface area contributed by atoms with Gasteiger partial charge in [0.1, 0.15) is 5.82 Å². The zero-order chi connectivity index (χ0) is 13.7. The number of H-pyrrole nitrogens is 1. The lowest BCUT2D eigenvalue weighted by Crippen LogP contribution is -2.10. The topological polar surface area (TPSA) is 99.6 Å². The van der Waals surface area contributed by atoms with E-state index in [1.807, 2.05) is 0 Å². The fourth-order valence-electron chi connectivity index (χ4n) is 1.38. The van der Waals surface area contributed by atoms with Crippen molar-refractivity contribution in [2.45, 2.75) is 0 Å². The summed E-state index contributed by atoms with van der Waals surface area (Å²) in [5.74, 6) is 0.856. The molecule has 1 aromatic heterocycles. The van der Waals surface area contributed by atoms with Crippen LogP contribution in [0.4, 0.5) is 5.82 Å². The number of phenols is 1. The van der Waals surface area contributed by atoms with E-state index in [-0.39, 0.29) is 5.75 Å². The summed E-state index contributed by atoms with van der Waals surface area (Å²) in [4.78, 5) is 16.9. The molecule has 1 aromatic carbocycles. The van der Waals surface area contributed by atoms with Crippen molar-refractivity contribution in [3.05, 3.63) is 46.5 Å². The summed E-state index contributed by atoms with van der Waals surface area (Å²) < 4.78 is 4.98. The number of rotatable bonds is 4. The standard InChI is InChI=1S/C12H12N4O3/c1-19-10-6-8(2-3-9(10)17)7-14-16-11-4-5-13-12(18)15-11/h2-7,17H,1H3,(H2,13,15,16,18)/b14-7-. The molecular weight excluding hydrogens is 248 g/mol. The first-order chi connectivity index (χ1) is 9.19. The summed E-state index contributed by atoms with van der Waals surface area (Å²) >= 11 is 0. The quantitative estimate of drug-likeness (QED) is 0.561. The van der Waals surface area contributed by atoms with Gasteiger partial charge in [-0.2, -0.15) is 5.10 Å². The summed E-state index contributed by atoms with van der Waals surface area (Å²) in [6.45, 7) is 0. The van der Waals surface area contributed by atoms with Gasteiger partial charge in [-0.25, -0.2) is 9.78 Å². The Morgan fingerprint density at radius 2 is 2.32 bits per heavy atom. The predicted molar refractivity (Wildman–Crippen MR) is 70.7 cm³/mol. The zero-order valence-electron chi connectivity index (χ0n) is 10.1. The number of hydrogen-bond donors (Lipinski definition) is 3. The molecule has 19 heavy (non-hydrogen) atoms. The maximum Gasteiger partial charge on any atom is 0.346 e. The Labute approximate surface area is 108 Å². The second-order valence-corrected chi connectivity index (χ2v) is 3.59. The van der Waals surface area contributed by atoms with Gasteiger partial charge in [0.25, 0.3) is 0 Å². The minimum absolute atomic E-state index is 0.0612. The fourth-order valence-corrected chi connectivity index (χ4v) is 1.38. The molecule has 3 N–H and O–H groups in total. The molecule has 98 valence electrons. The highest BCUT2D eigenvalue weighted by Gasteiger charge is 2.00. The van der Waals surface area contributed by atoms with Gasteiger partial charge in [0, 0.05) is 6.20 Å². The average Bonchev–Trinajstić information content (AvgIpc) is 2.41. The highest BCUT2D eigenvalue weighted by atomic mass is 16.5. The second-order valence-electron chi connectivity index (χ2n) is 3.59. The van der Waals surface area contributed by atoms with Crippen molar-refractivity contribution in [3.63, 3.8) is 0 Å². The van der Waals surface area contributed by atoms with Crippen LogP contribution in [0.3, 0.4) is 0 Å². The van der Waals surface area contributed by atoms with E-state index in [0.717, 1.165) is 5.56 Å². The van der Waals surface area contributed by atoms with Crippen LogP contribution in [-0.2, 0) is 0 Å². The maximum atomic E-state index is 10.9. The number of hydrogen-bond acceptors (Lipinski definition) is 6. The molecule has 2 rings (SSSR count). The summed E-state index contributed by atoms with van der Waals surface area (Å²) in [7, 11) is 1.47. The van der Waals surface area contributed by atoms with Crippen molar-refractivity contribution < 1.29 is 9.84 Å². The van der Waals surface area contributed by atoms with Crippen molar-refractivity contribution >= 4 is 12.0 Å². The lowest BCUT2D eigenvalue weighted by molar-refractivity contribution is 0.373. The Morgan fingerprint density at radius 1 is 1.47 bits per heavy atom. The molecule has 2 aromatic rings. The molecule has 0 atom stereocenters. The number of hydrazone groups is 1. The Hall–Kier alpha value is -2.83. The Balaban J connectivity index is 2.09. The van der Waals surface area contributed by atoms with E-state index >= 15 is 0 Å². The molecule has 7 nitrogen and oxygen atoms in total. The third kappa shape index (κ3) is 3.32. The van der Waals surface area contributed by atoms with Crippen LogP contribution in [0.5, 0.6) is 11.5 Å². The fraction of sp³-hybridized carbons (Fsp3) is 0.0833. The number of aromatic nitrogens is 2. The van der Waals surface area contributed by atoms with Gasteiger partial charge in [-0.05, 0) is 29.8 Å². The highest BCUT2D eigenvalue weighted by molar-refractivity contribution is 5.81. The van der Waals surface area contributed by atoms with Gasteiger partial charge in [-0.3, -0.25) is 10.4 Å². The molecule has 0 unspecified atom stereocenters. The van der Waals surface area contributed by atoms with Crippen molar-refractivity contribution in [2.24, 2.45) is 5.10 Å². The molecule has 0 saturated heterocycles. The van der Waals surface area contributed by atoms with E-state index < -0.39 is 5.69 Å².